The Bertz CT molecular complexity index is 167. The highest BCUT2D eigenvalue weighted by molar-refractivity contribution is 5.63. The first-order valence-electron chi connectivity index (χ1n) is 2.92. The molecule has 8 heavy (non-hydrogen) atoms. The maximum Gasteiger partial charge on any atom is 0.116 e. The Morgan fingerprint density at radius 1 is 1.25 bits per heavy atom. The number of aliphatic imine (C=N–C) groups is 1. The molecular weight excluding hydrogens is 100 g/mol. The van der Waals surface area contributed by atoms with Crippen LogP contribution in [-0.4, -0.2) is 6.34 Å². The minimum Gasteiger partial charge on any atom is -0.240 e. The smallest absolute Gasteiger partial charge is 0.116 e. The molecule has 1 heterocycles. The number of allylic oxidation sites excluding steroid dienone is 2. The summed E-state index contributed by atoms with van der Waals surface area (Å²) in [6.45, 7) is 0. The molecule has 41 valence electrons. The van der Waals surface area contributed by atoms with Crippen LogP contribution in [0, 0.1) is 0 Å². The molecule has 0 atom stereocenters. The van der Waals surface area contributed by atoms with Crippen molar-refractivity contribution in [1.29, 1.82) is 0 Å². The van der Waals surface area contributed by atoms with Crippen molar-refractivity contribution in [3.05, 3.63) is 11.4 Å². The van der Waals surface area contributed by atoms with Gasteiger partial charge < -0.3 is 0 Å². The first-order chi connectivity index (χ1) is 3.97. The van der Waals surface area contributed by atoms with Crippen molar-refractivity contribution in [2.75, 3.05) is 0 Å². The predicted molar refractivity (Wildman–Crippen MR) is 31.5 cm³/mol. The summed E-state index contributed by atoms with van der Waals surface area (Å²) in [5.41, 5.74) is 2.45. The summed E-state index contributed by atoms with van der Waals surface area (Å²) >= 11 is 0. The van der Waals surface area contributed by atoms with E-state index in [9.17, 15) is 0 Å². The van der Waals surface area contributed by atoms with Crippen molar-refractivity contribution in [1.82, 2.24) is 5.32 Å². The van der Waals surface area contributed by atoms with Gasteiger partial charge in [-0.15, -0.1) is 0 Å². The topological polar surface area (TPSA) is 26.5 Å². The molecule has 0 N–H and O–H groups in total. The average Bonchev–Trinajstić information content (AvgIpc) is 2.15. The zero-order valence-corrected chi connectivity index (χ0v) is 4.59. The lowest BCUT2D eigenvalue weighted by Gasteiger charge is -1.86. The van der Waals surface area contributed by atoms with Gasteiger partial charge in [-0.05, 0) is 19.3 Å². The maximum absolute atomic E-state index is 4.09. The molecule has 0 amide bonds. The van der Waals surface area contributed by atoms with E-state index in [1.54, 1.807) is 6.34 Å². The summed E-state index contributed by atoms with van der Waals surface area (Å²) in [6, 6.07) is 0. The van der Waals surface area contributed by atoms with E-state index in [-0.39, 0.29) is 0 Å². The van der Waals surface area contributed by atoms with E-state index in [0.29, 0.717) is 0 Å². The van der Waals surface area contributed by atoms with Gasteiger partial charge in [0.15, 0.2) is 0 Å². The zero-order chi connectivity index (χ0) is 5.40. The van der Waals surface area contributed by atoms with Crippen molar-refractivity contribution in [2.24, 2.45) is 4.99 Å². The van der Waals surface area contributed by atoms with Gasteiger partial charge in [0.2, 0.25) is 0 Å². The van der Waals surface area contributed by atoms with Gasteiger partial charge in [-0.25, -0.2) is 10.3 Å². The second-order valence-electron chi connectivity index (χ2n) is 2.12. The average molecular weight is 107 g/mol. The Morgan fingerprint density at radius 2 is 2.12 bits per heavy atom. The molecule has 0 saturated heterocycles. The van der Waals surface area contributed by atoms with Gasteiger partial charge in [0.05, 0.1) is 11.4 Å². The molecule has 0 bridgehead atoms. The van der Waals surface area contributed by atoms with Crippen LogP contribution in [0.2, 0.25) is 0 Å². The van der Waals surface area contributed by atoms with Crippen molar-refractivity contribution in [3.63, 3.8) is 0 Å². The zero-order valence-electron chi connectivity index (χ0n) is 4.59. The van der Waals surface area contributed by atoms with Crippen LogP contribution >= 0.6 is 0 Å². The van der Waals surface area contributed by atoms with Crippen LogP contribution in [-0.2, 0) is 0 Å². The van der Waals surface area contributed by atoms with Gasteiger partial charge in [0.25, 0.3) is 0 Å². The van der Waals surface area contributed by atoms with E-state index in [1.807, 2.05) is 0 Å². The lowest BCUT2D eigenvalue weighted by Crippen LogP contribution is -1.93. The van der Waals surface area contributed by atoms with Crippen molar-refractivity contribution in [3.8, 4) is 0 Å². The minimum absolute atomic E-state index is 1.15. The normalized spacial score (nSPS) is 24.0. The monoisotopic (exact) mass is 107 g/mol. The highest BCUT2D eigenvalue weighted by Crippen LogP contribution is 2.27. The molecule has 1 aliphatic carbocycles. The van der Waals surface area contributed by atoms with E-state index < -0.39 is 0 Å². The van der Waals surface area contributed by atoms with Gasteiger partial charge in [-0.1, -0.05) is 0 Å². The molecule has 1 radical (unpaired) electrons. The van der Waals surface area contributed by atoms with E-state index in [1.165, 1.54) is 17.8 Å². The summed E-state index contributed by atoms with van der Waals surface area (Å²) < 4.78 is 0. The van der Waals surface area contributed by atoms with E-state index >= 15 is 0 Å². The van der Waals surface area contributed by atoms with E-state index in [2.05, 4.69) is 10.3 Å². The maximum atomic E-state index is 4.09. The third-order valence-electron chi connectivity index (χ3n) is 1.59. The lowest BCUT2D eigenvalue weighted by molar-refractivity contribution is 0.862. The Labute approximate surface area is 48.3 Å². The Balaban J connectivity index is 2.33. The molecule has 0 spiro atoms. The molecule has 0 aromatic carbocycles. The van der Waals surface area contributed by atoms with Crippen LogP contribution in [0.1, 0.15) is 19.3 Å². The number of nitrogens with zero attached hydrogens (tertiary/aromatic N) is 2. The minimum atomic E-state index is 1.15. The molecule has 2 rings (SSSR count). The standard InChI is InChI=1S/C6H7N2/c1-2-5-6(3-1)8-4-7-5/h4H,1-3H2. The fourth-order valence-electron chi connectivity index (χ4n) is 1.16. The molecule has 1 aliphatic heterocycles. The highest BCUT2D eigenvalue weighted by Gasteiger charge is 2.16. The van der Waals surface area contributed by atoms with Gasteiger partial charge in [0.1, 0.15) is 6.34 Å². The molecule has 2 heteroatoms. The number of hydrogen-bond donors (Lipinski definition) is 0. The second-order valence-corrected chi connectivity index (χ2v) is 2.12. The third-order valence-corrected chi connectivity index (χ3v) is 1.59. The largest absolute Gasteiger partial charge is 0.240 e. The van der Waals surface area contributed by atoms with Gasteiger partial charge in [-0.2, -0.15) is 0 Å². The van der Waals surface area contributed by atoms with E-state index in [0.717, 1.165) is 12.8 Å². The van der Waals surface area contributed by atoms with Crippen LogP contribution in [0.25, 0.3) is 0 Å². The Kier molecular flexibility index (Phi) is 0.692. The lowest BCUT2D eigenvalue weighted by atomic mass is 10.3. The third kappa shape index (κ3) is 0.399. The summed E-state index contributed by atoms with van der Waals surface area (Å²) in [4.78, 5) is 4.09. The number of rotatable bonds is 0. The Morgan fingerprint density at radius 3 is 3.00 bits per heavy atom. The van der Waals surface area contributed by atoms with Crippen LogP contribution in [0.15, 0.2) is 16.4 Å². The molecule has 0 unspecified atom stereocenters. The molecule has 0 saturated carbocycles. The number of hydrogen-bond acceptors (Lipinski definition) is 1. The van der Waals surface area contributed by atoms with Gasteiger partial charge in [0, 0.05) is 0 Å². The predicted octanol–water partition coefficient (Wildman–Crippen LogP) is 1.03. The molecular formula is C6H7N2. The fourth-order valence-corrected chi connectivity index (χ4v) is 1.16. The highest BCUT2D eigenvalue weighted by atomic mass is 15.0. The summed E-state index contributed by atoms with van der Waals surface area (Å²) in [5.74, 6) is 0. The quantitative estimate of drug-likeness (QED) is 0.442. The Hall–Kier alpha value is -0.790. The first-order valence-corrected chi connectivity index (χ1v) is 2.92. The van der Waals surface area contributed by atoms with Crippen molar-refractivity contribution < 1.29 is 0 Å². The SMILES string of the molecule is C1=NC2=C(CCC2)[N]1. The molecule has 0 aromatic heterocycles. The second kappa shape index (κ2) is 1.34. The molecule has 0 aromatic rings. The van der Waals surface area contributed by atoms with Crippen LogP contribution in [0.4, 0.5) is 0 Å². The molecule has 2 nitrogen and oxygen atoms in total. The van der Waals surface area contributed by atoms with Crippen molar-refractivity contribution >= 4 is 6.34 Å². The first kappa shape index (κ1) is 4.13. The van der Waals surface area contributed by atoms with Gasteiger partial charge in [-0.3, -0.25) is 0 Å². The fraction of sp³-hybridized carbons (Fsp3) is 0.500. The van der Waals surface area contributed by atoms with Crippen molar-refractivity contribution in [2.45, 2.75) is 19.3 Å². The van der Waals surface area contributed by atoms with Crippen LogP contribution < -0.4 is 5.32 Å². The summed E-state index contributed by atoms with van der Waals surface area (Å²) in [5, 5.41) is 4.09. The molecule has 2 aliphatic rings. The summed E-state index contributed by atoms with van der Waals surface area (Å²) in [7, 11) is 0. The van der Waals surface area contributed by atoms with Gasteiger partial charge >= 0.3 is 0 Å². The van der Waals surface area contributed by atoms with Crippen LogP contribution in [0.3, 0.4) is 0 Å². The molecule has 0 fully saturated rings. The van der Waals surface area contributed by atoms with E-state index in [4.69, 9.17) is 0 Å². The van der Waals surface area contributed by atoms with Crippen LogP contribution in [0.5, 0.6) is 0 Å². The summed E-state index contributed by atoms with van der Waals surface area (Å²) in [6.07, 6.45) is 5.21.